The number of aromatic nitrogens is 1. The van der Waals surface area contributed by atoms with Crippen LogP contribution in [0.5, 0.6) is 0 Å². The van der Waals surface area contributed by atoms with Crippen LogP contribution in [0.4, 0.5) is 5.82 Å². The Labute approximate surface area is 122 Å². The Kier molecular flexibility index (Phi) is 5.80. The number of hydrogen-bond acceptors (Lipinski definition) is 4. The second-order valence-electron chi connectivity index (χ2n) is 5.37. The van der Waals surface area contributed by atoms with Crippen molar-refractivity contribution in [1.29, 1.82) is 0 Å². The number of piperidine rings is 1. The van der Waals surface area contributed by atoms with Gasteiger partial charge in [-0.1, -0.05) is 6.92 Å². The minimum Gasteiger partial charge on any atom is -0.378 e. The van der Waals surface area contributed by atoms with Crippen LogP contribution in [0.25, 0.3) is 0 Å². The van der Waals surface area contributed by atoms with Crippen LogP contribution in [-0.2, 0) is 4.74 Å². The highest BCUT2D eigenvalue weighted by Crippen LogP contribution is 2.22. The molecule has 112 valence electrons. The largest absolute Gasteiger partial charge is 0.378 e. The first-order valence-corrected chi connectivity index (χ1v) is 7.80. The summed E-state index contributed by atoms with van der Waals surface area (Å²) < 4.78 is 5.70. The monoisotopic (exact) mass is 277 g/mol. The van der Waals surface area contributed by atoms with Gasteiger partial charge in [-0.3, -0.25) is 0 Å². The van der Waals surface area contributed by atoms with E-state index in [0.717, 1.165) is 44.9 Å². The number of hydrogen-bond donors (Lipinski definition) is 1. The molecule has 0 spiro atoms. The van der Waals surface area contributed by atoms with E-state index < -0.39 is 0 Å². The van der Waals surface area contributed by atoms with E-state index in [1.807, 2.05) is 6.20 Å². The number of rotatable bonds is 6. The van der Waals surface area contributed by atoms with Gasteiger partial charge < -0.3 is 15.0 Å². The lowest BCUT2D eigenvalue weighted by Crippen LogP contribution is -2.37. The summed E-state index contributed by atoms with van der Waals surface area (Å²) in [6, 6.07) is 4.70. The van der Waals surface area contributed by atoms with Crippen LogP contribution in [0.1, 0.15) is 45.2 Å². The summed E-state index contributed by atoms with van der Waals surface area (Å²) in [4.78, 5) is 6.91. The first kappa shape index (κ1) is 15.3. The summed E-state index contributed by atoms with van der Waals surface area (Å²) in [6.07, 6.45) is 4.55. The molecule has 2 heterocycles. The van der Waals surface area contributed by atoms with Crippen LogP contribution >= 0.6 is 0 Å². The lowest BCUT2D eigenvalue weighted by molar-refractivity contribution is 0.0458. The van der Waals surface area contributed by atoms with E-state index in [1.54, 1.807) is 0 Å². The zero-order chi connectivity index (χ0) is 14.4. The fourth-order valence-electron chi connectivity index (χ4n) is 2.79. The number of nitrogens with one attached hydrogen (secondary N) is 1. The quantitative estimate of drug-likeness (QED) is 0.867. The van der Waals surface area contributed by atoms with Crippen LogP contribution in [0.2, 0.25) is 0 Å². The average Bonchev–Trinajstić information content (AvgIpc) is 2.49. The average molecular weight is 277 g/mol. The van der Waals surface area contributed by atoms with Gasteiger partial charge in [0.25, 0.3) is 0 Å². The Balaban J connectivity index is 1.98. The molecule has 0 amide bonds. The van der Waals surface area contributed by atoms with Crippen molar-refractivity contribution < 1.29 is 4.74 Å². The van der Waals surface area contributed by atoms with Gasteiger partial charge in [-0.15, -0.1) is 0 Å². The van der Waals surface area contributed by atoms with Gasteiger partial charge in [0.05, 0.1) is 6.10 Å². The number of anilines is 1. The normalized spacial score (nSPS) is 18.2. The number of pyridine rings is 1. The molecular formula is C16H27N3O. The minimum atomic E-state index is 0.378. The van der Waals surface area contributed by atoms with Crippen molar-refractivity contribution in [3.05, 3.63) is 23.9 Å². The fourth-order valence-corrected chi connectivity index (χ4v) is 2.79. The Hall–Kier alpha value is -1.13. The summed E-state index contributed by atoms with van der Waals surface area (Å²) >= 11 is 0. The third-order valence-corrected chi connectivity index (χ3v) is 3.95. The highest BCUT2D eigenvalue weighted by Gasteiger charge is 2.20. The van der Waals surface area contributed by atoms with Gasteiger partial charge in [0.2, 0.25) is 0 Å². The molecule has 4 nitrogen and oxygen atoms in total. The Morgan fingerprint density at radius 1 is 1.40 bits per heavy atom. The fraction of sp³-hybridized carbons (Fsp3) is 0.688. The van der Waals surface area contributed by atoms with Crippen molar-refractivity contribution >= 4 is 5.82 Å². The van der Waals surface area contributed by atoms with E-state index in [-0.39, 0.29) is 0 Å². The second kappa shape index (κ2) is 7.60. The summed E-state index contributed by atoms with van der Waals surface area (Å²) in [5.74, 6) is 1.10. The predicted octanol–water partition coefficient (Wildman–Crippen LogP) is 2.76. The highest BCUT2D eigenvalue weighted by molar-refractivity contribution is 5.42. The predicted molar refractivity (Wildman–Crippen MR) is 83.2 cm³/mol. The zero-order valence-corrected chi connectivity index (χ0v) is 12.9. The molecule has 1 aromatic rings. The molecule has 0 bridgehead atoms. The lowest BCUT2D eigenvalue weighted by Gasteiger charge is -2.33. The molecule has 20 heavy (non-hydrogen) atoms. The molecule has 0 aromatic carbocycles. The van der Waals surface area contributed by atoms with Crippen LogP contribution in [0.15, 0.2) is 18.3 Å². The topological polar surface area (TPSA) is 37.4 Å². The van der Waals surface area contributed by atoms with Gasteiger partial charge in [-0.2, -0.15) is 0 Å². The molecule has 1 N–H and O–H groups in total. The van der Waals surface area contributed by atoms with Gasteiger partial charge in [-0.05, 0) is 50.9 Å². The number of ether oxygens (including phenoxy) is 1. The summed E-state index contributed by atoms with van der Waals surface area (Å²) in [5.41, 5.74) is 1.31. The van der Waals surface area contributed by atoms with Crippen molar-refractivity contribution in [2.75, 3.05) is 31.1 Å². The first-order chi connectivity index (χ1) is 9.74. The van der Waals surface area contributed by atoms with Gasteiger partial charge in [0.1, 0.15) is 5.82 Å². The maximum atomic E-state index is 5.70. The molecule has 2 rings (SSSR count). The van der Waals surface area contributed by atoms with Crippen LogP contribution in [0, 0.1) is 0 Å². The molecule has 4 heteroatoms. The van der Waals surface area contributed by atoms with E-state index in [0.29, 0.717) is 12.1 Å². The summed E-state index contributed by atoms with van der Waals surface area (Å²) in [5, 5.41) is 3.45. The molecular weight excluding hydrogens is 250 g/mol. The van der Waals surface area contributed by atoms with Crippen LogP contribution in [0.3, 0.4) is 0 Å². The van der Waals surface area contributed by atoms with E-state index in [2.05, 4.69) is 48.1 Å². The SMILES string of the molecule is CCNC(C)c1ccnc(N2CCC(OCC)CC2)c1. The Morgan fingerprint density at radius 2 is 2.15 bits per heavy atom. The van der Waals surface area contributed by atoms with E-state index in [1.165, 1.54) is 5.56 Å². The molecule has 1 aliphatic rings. The smallest absolute Gasteiger partial charge is 0.128 e. The summed E-state index contributed by atoms with van der Waals surface area (Å²) in [6.45, 7) is 10.3. The molecule has 1 unspecified atom stereocenters. The molecule has 0 saturated carbocycles. The molecule has 1 saturated heterocycles. The van der Waals surface area contributed by atoms with Crippen molar-refractivity contribution in [2.24, 2.45) is 0 Å². The van der Waals surface area contributed by atoms with Crippen LogP contribution < -0.4 is 10.2 Å². The minimum absolute atomic E-state index is 0.378. The van der Waals surface area contributed by atoms with E-state index in [4.69, 9.17) is 4.74 Å². The maximum absolute atomic E-state index is 5.70. The molecule has 1 aromatic heterocycles. The molecule has 0 radical (unpaired) electrons. The standard InChI is InChI=1S/C16H27N3O/c1-4-17-13(3)14-6-9-18-16(12-14)19-10-7-15(8-11-19)20-5-2/h6,9,12-13,15,17H,4-5,7-8,10-11H2,1-3H3. The first-order valence-electron chi connectivity index (χ1n) is 7.80. The van der Waals surface area contributed by atoms with Crippen LogP contribution in [-0.4, -0.2) is 37.3 Å². The molecule has 0 aliphatic carbocycles. The Morgan fingerprint density at radius 3 is 2.80 bits per heavy atom. The molecule has 1 atom stereocenters. The summed E-state index contributed by atoms with van der Waals surface area (Å²) in [7, 11) is 0. The molecule has 1 fully saturated rings. The maximum Gasteiger partial charge on any atom is 0.128 e. The van der Waals surface area contributed by atoms with Crippen molar-refractivity contribution in [1.82, 2.24) is 10.3 Å². The molecule has 1 aliphatic heterocycles. The van der Waals surface area contributed by atoms with E-state index >= 15 is 0 Å². The van der Waals surface area contributed by atoms with Gasteiger partial charge in [0.15, 0.2) is 0 Å². The number of nitrogens with zero attached hydrogens (tertiary/aromatic N) is 2. The highest BCUT2D eigenvalue weighted by atomic mass is 16.5. The van der Waals surface area contributed by atoms with E-state index in [9.17, 15) is 0 Å². The lowest BCUT2D eigenvalue weighted by atomic mass is 10.1. The van der Waals surface area contributed by atoms with Gasteiger partial charge in [0, 0.05) is 31.9 Å². The third kappa shape index (κ3) is 3.93. The van der Waals surface area contributed by atoms with Crippen molar-refractivity contribution in [3.63, 3.8) is 0 Å². The second-order valence-corrected chi connectivity index (χ2v) is 5.37. The Bertz CT molecular complexity index is 402. The van der Waals surface area contributed by atoms with Crippen molar-refractivity contribution in [2.45, 2.75) is 45.8 Å². The van der Waals surface area contributed by atoms with Crippen molar-refractivity contribution in [3.8, 4) is 0 Å². The third-order valence-electron chi connectivity index (χ3n) is 3.95. The van der Waals surface area contributed by atoms with Gasteiger partial charge >= 0.3 is 0 Å². The van der Waals surface area contributed by atoms with Gasteiger partial charge in [-0.25, -0.2) is 4.98 Å². The zero-order valence-electron chi connectivity index (χ0n) is 12.9.